The molecule has 0 saturated carbocycles. The van der Waals surface area contributed by atoms with Crippen molar-refractivity contribution in [2.24, 2.45) is 0 Å². The summed E-state index contributed by atoms with van der Waals surface area (Å²) in [5.74, 6) is 2.22. The number of benzene rings is 1. The number of nitrogens with one attached hydrogen (secondary N) is 1. The Labute approximate surface area is 157 Å². The summed E-state index contributed by atoms with van der Waals surface area (Å²) in [7, 11) is 1.60. The van der Waals surface area contributed by atoms with Gasteiger partial charge < -0.3 is 19.9 Å². The number of thiazole rings is 1. The van der Waals surface area contributed by atoms with Crippen LogP contribution in [0, 0.1) is 12.3 Å². The zero-order chi connectivity index (χ0) is 18.4. The summed E-state index contributed by atoms with van der Waals surface area (Å²) in [5.41, 5.74) is 1.90. The van der Waals surface area contributed by atoms with Gasteiger partial charge in [-0.25, -0.2) is 4.98 Å². The van der Waals surface area contributed by atoms with Crippen molar-refractivity contribution in [3.8, 4) is 12.3 Å². The summed E-state index contributed by atoms with van der Waals surface area (Å²) in [6.07, 6.45) is 5.22. The van der Waals surface area contributed by atoms with E-state index in [9.17, 15) is 4.79 Å². The number of aromatic nitrogens is 1. The molecule has 0 unspecified atom stereocenters. The third kappa shape index (κ3) is 4.15. The number of nitrogens with zero attached hydrogens (tertiary/aromatic N) is 3. The molecular weight excluding hydrogens is 348 g/mol. The van der Waals surface area contributed by atoms with Gasteiger partial charge in [-0.3, -0.25) is 4.79 Å². The number of terminal acetylenes is 1. The van der Waals surface area contributed by atoms with Gasteiger partial charge in [0.15, 0.2) is 5.13 Å². The molecule has 1 amide bonds. The Balaban J connectivity index is 1.70. The summed E-state index contributed by atoms with van der Waals surface area (Å²) < 4.78 is 5.20. The molecule has 1 aliphatic rings. The van der Waals surface area contributed by atoms with Crippen LogP contribution < -0.4 is 15.1 Å². The lowest BCUT2D eigenvalue weighted by molar-refractivity contribution is 0.0957. The quantitative estimate of drug-likeness (QED) is 0.788. The lowest BCUT2D eigenvalue weighted by Gasteiger charge is -2.36. The fourth-order valence-electron chi connectivity index (χ4n) is 2.89. The molecule has 7 heteroatoms. The molecule has 2 aromatic rings. The summed E-state index contributed by atoms with van der Waals surface area (Å²) in [5, 5.41) is 3.56. The van der Waals surface area contributed by atoms with E-state index in [1.807, 2.05) is 6.07 Å². The number of anilines is 2. The van der Waals surface area contributed by atoms with Crippen molar-refractivity contribution >= 4 is 28.1 Å². The van der Waals surface area contributed by atoms with E-state index in [2.05, 4.69) is 50.3 Å². The van der Waals surface area contributed by atoms with Crippen LogP contribution in [-0.2, 0) is 11.3 Å². The van der Waals surface area contributed by atoms with Gasteiger partial charge >= 0.3 is 0 Å². The molecule has 0 spiro atoms. The van der Waals surface area contributed by atoms with Crippen LogP contribution in [0.25, 0.3) is 0 Å². The van der Waals surface area contributed by atoms with Crippen LogP contribution in [0.3, 0.4) is 0 Å². The molecule has 26 heavy (non-hydrogen) atoms. The average Bonchev–Trinajstić information content (AvgIpc) is 3.11. The van der Waals surface area contributed by atoms with Gasteiger partial charge in [0.1, 0.15) is 4.88 Å². The van der Waals surface area contributed by atoms with Crippen LogP contribution in [0.4, 0.5) is 10.8 Å². The van der Waals surface area contributed by atoms with Gasteiger partial charge in [0.05, 0.1) is 18.8 Å². The van der Waals surface area contributed by atoms with Crippen molar-refractivity contribution in [1.82, 2.24) is 10.3 Å². The fraction of sp³-hybridized carbons (Fsp3) is 0.368. The van der Waals surface area contributed by atoms with Crippen molar-refractivity contribution in [3.63, 3.8) is 0 Å². The zero-order valence-corrected chi connectivity index (χ0v) is 15.6. The van der Waals surface area contributed by atoms with E-state index >= 15 is 0 Å². The van der Waals surface area contributed by atoms with E-state index in [1.54, 1.807) is 7.11 Å². The predicted molar refractivity (Wildman–Crippen MR) is 105 cm³/mol. The minimum Gasteiger partial charge on any atom is -0.378 e. The largest absolute Gasteiger partial charge is 0.378 e. The molecule has 1 aromatic heterocycles. The molecule has 1 fully saturated rings. The van der Waals surface area contributed by atoms with Crippen LogP contribution in [0.5, 0.6) is 0 Å². The molecule has 3 rings (SSSR count). The number of rotatable bonds is 6. The van der Waals surface area contributed by atoms with E-state index < -0.39 is 0 Å². The summed E-state index contributed by atoms with van der Waals surface area (Å²) >= 11 is 1.40. The summed E-state index contributed by atoms with van der Waals surface area (Å²) in [6, 6.07) is 10.4. The van der Waals surface area contributed by atoms with Gasteiger partial charge in [0.2, 0.25) is 0 Å². The molecule has 1 saturated heterocycles. The smallest absolute Gasteiger partial charge is 0.264 e. The van der Waals surface area contributed by atoms with E-state index in [4.69, 9.17) is 11.2 Å². The zero-order valence-electron chi connectivity index (χ0n) is 14.8. The maximum atomic E-state index is 12.3. The second kappa shape index (κ2) is 8.70. The van der Waals surface area contributed by atoms with Crippen LogP contribution >= 0.6 is 11.3 Å². The predicted octanol–water partition coefficient (Wildman–Crippen LogP) is 1.98. The molecule has 0 bridgehead atoms. The van der Waals surface area contributed by atoms with E-state index in [0.717, 1.165) is 31.3 Å². The number of amides is 1. The first kappa shape index (κ1) is 18.2. The van der Waals surface area contributed by atoms with Gasteiger partial charge in [-0.2, -0.15) is 0 Å². The second-order valence-electron chi connectivity index (χ2n) is 5.90. The Bertz CT molecular complexity index is 777. The summed E-state index contributed by atoms with van der Waals surface area (Å²) in [4.78, 5) is 22.1. The lowest BCUT2D eigenvalue weighted by Crippen LogP contribution is -2.46. The van der Waals surface area contributed by atoms with Crippen molar-refractivity contribution in [1.29, 1.82) is 0 Å². The van der Waals surface area contributed by atoms with Crippen molar-refractivity contribution in [2.75, 3.05) is 49.6 Å². The third-order valence-corrected chi connectivity index (χ3v) is 5.35. The number of piperazine rings is 1. The van der Waals surface area contributed by atoms with Crippen LogP contribution in [0.2, 0.25) is 0 Å². The highest BCUT2D eigenvalue weighted by Crippen LogP contribution is 2.28. The molecule has 1 N–H and O–H groups in total. The Morgan fingerprint density at radius 2 is 1.96 bits per heavy atom. The summed E-state index contributed by atoms with van der Waals surface area (Å²) in [6.45, 7) is 4.07. The van der Waals surface area contributed by atoms with Crippen molar-refractivity contribution in [3.05, 3.63) is 40.9 Å². The maximum Gasteiger partial charge on any atom is 0.264 e. The number of carbonyl (C=O) groups is 1. The standard InChI is InChI=1S/C19H22N4O2S/c1-3-9-20-18(24)17-16(14-25-2)21-19(26-17)23-12-10-22(11-13-23)15-7-5-4-6-8-15/h1,4-8H,9-14H2,2H3,(H,20,24). The molecular formula is C19H22N4O2S. The number of methoxy groups -OCH3 is 1. The van der Waals surface area contributed by atoms with Crippen LogP contribution in [0.15, 0.2) is 30.3 Å². The Kier molecular flexibility index (Phi) is 6.10. The molecule has 0 atom stereocenters. The highest BCUT2D eigenvalue weighted by Gasteiger charge is 2.24. The van der Waals surface area contributed by atoms with Crippen LogP contribution in [-0.4, -0.2) is 50.7 Å². The molecule has 1 aromatic carbocycles. The van der Waals surface area contributed by atoms with Crippen LogP contribution in [0.1, 0.15) is 15.4 Å². The number of para-hydroxylation sites is 1. The normalized spacial score (nSPS) is 14.2. The Morgan fingerprint density at radius 1 is 1.27 bits per heavy atom. The van der Waals surface area contributed by atoms with E-state index in [-0.39, 0.29) is 12.5 Å². The minimum atomic E-state index is -0.193. The first-order valence-electron chi connectivity index (χ1n) is 8.48. The van der Waals surface area contributed by atoms with Gasteiger partial charge in [-0.05, 0) is 12.1 Å². The molecule has 136 valence electrons. The first-order chi connectivity index (χ1) is 12.7. The topological polar surface area (TPSA) is 57.7 Å². The highest BCUT2D eigenvalue weighted by atomic mass is 32.1. The SMILES string of the molecule is C#CCNC(=O)c1sc(N2CCN(c3ccccc3)CC2)nc1COC. The number of hydrogen-bond acceptors (Lipinski definition) is 6. The molecule has 0 aliphatic carbocycles. The molecule has 0 radical (unpaired) electrons. The number of carbonyl (C=O) groups excluding carboxylic acids is 1. The maximum absolute atomic E-state index is 12.3. The van der Waals surface area contributed by atoms with Gasteiger partial charge in [0, 0.05) is 39.0 Å². The average molecular weight is 370 g/mol. The fourth-order valence-corrected chi connectivity index (χ4v) is 3.93. The highest BCUT2D eigenvalue weighted by molar-refractivity contribution is 7.17. The molecule has 1 aliphatic heterocycles. The van der Waals surface area contributed by atoms with Crippen molar-refractivity contribution < 1.29 is 9.53 Å². The van der Waals surface area contributed by atoms with Gasteiger partial charge in [0.25, 0.3) is 5.91 Å². The monoisotopic (exact) mass is 370 g/mol. The third-order valence-electron chi connectivity index (χ3n) is 4.20. The lowest BCUT2D eigenvalue weighted by atomic mass is 10.2. The number of hydrogen-bond donors (Lipinski definition) is 1. The number of ether oxygens (including phenoxy) is 1. The van der Waals surface area contributed by atoms with E-state index in [0.29, 0.717) is 17.2 Å². The van der Waals surface area contributed by atoms with E-state index in [1.165, 1.54) is 17.0 Å². The Hall–Kier alpha value is -2.56. The molecule has 6 nitrogen and oxygen atoms in total. The van der Waals surface area contributed by atoms with Gasteiger partial charge in [-0.15, -0.1) is 6.42 Å². The Morgan fingerprint density at radius 3 is 2.62 bits per heavy atom. The minimum absolute atomic E-state index is 0.193. The second-order valence-corrected chi connectivity index (χ2v) is 6.88. The van der Waals surface area contributed by atoms with Gasteiger partial charge in [-0.1, -0.05) is 35.5 Å². The molecule has 2 heterocycles. The first-order valence-corrected chi connectivity index (χ1v) is 9.30. The van der Waals surface area contributed by atoms with Crippen molar-refractivity contribution in [2.45, 2.75) is 6.61 Å².